The van der Waals surface area contributed by atoms with Crippen molar-refractivity contribution >= 4 is 78.4 Å². The van der Waals surface area contributed by atoms with E-state index in [2.05, 4.69) is 31.9 Å². The van der Waals surface area contributed by atoms with Gasteiger partial charge in [0.1, 0.15) is 16.0 Å². The van der Waals surface area contributed by atoms with E-state index in [1.165, 1.54) is 6.07 Å². The van der Waals surface area contributed by atoms with E-state index in [0.29, 0.717) is 0 Å². The van der Waals surface area contributed by atoms with Crippen LogP contribution in [0, 0.1) is 5.92 Å². The largest absolute Gasteiger partial charge is 0.505 e. The number of carbonyl (C=O) groups is 2. The first-order valence-electron chi connectivity index (χ1n) is 6.27. The van der Waals surface area contributed by atoms with Gasteiger partial charge in [-0.05, 0) is 37.9 Å². The molecule has 126 valence electrons. The number of carboxylic acids is 1. The quantitative estimate of drug-likeness (QED) is 0.560. The topological polar surface area (TPSA) is 83.8 Å². The number of carboxylic acid groups (broad SMARTS) is 1. The van der Waals surface area contributed by atoms with Crippen LogP contribution in [0.2, 0.25) is 0 Å². The number of ether oxygens (including phenoxy) is 1. The highest BCUT2D eigenvalue weighted by Crippen LogP contribution is 2.51. The van der Waals surface area contributed by atoms with Gasteiger partial charge >= 0.3 is 5.97 Å². The second-order valence-electron chi connectivity index (χ2n) is 4.97. The maximum Gasteiger partial charge on any atom is 0.334 e. The van der Waals surface area contributed by atoms with E-state index in [1.54, 1.807) is 0 Å². The number of halogens is 5. The average molecular weight is 519 g/mol. The van der Waals surface area contributed by atoms with Gasteiger partial charge in [-0.15, -0.1) is 0 Å². The van der Waals surface area contributed by atoms with Crippen molar-refractivity contribution in [1.82, 2.24) is 0 Å². The van der Waals surface area contributed by atoms with Gasteiger partial charge in [-0.25, -0.2) is 4.79 Å². The Hall–Kier alpha value is -0.730. The predicted octanol–water partition coefficient (Wildman–Crippen LogP) is 4.76. The van der Waals surface area contributed by atoms with Crippen molar-refractivity contribution in [2.24, 2.45) is 5.92 Å². The lowest BCUT2D eigenvalue weighted by Crippen LogP contribution is -2.43. The van der Waals surface area contributed by atoms with E-state index < -0.39 is 23.8 Å². The van der Waals surface area contributed by atoms with Crippen molar-refractivity contribution in [3.8, 4) is 11.5 Å². The summed E-state index contributed by atoms with van der Waals surface area (Å²) in [5.41, 5.74) is -0.300. The van der Waals surface area contributed by atoms with Crippen molar-refractivity contribution in [3.05, 3.63) is 41.2 Å². The molecule has 0 aromatic heterocycles. The fraction of sp³-hybridized carbons (Fsp3) is 0.143. The molecule has 0 saturated heterocycles. The number of rotatable bonds is 1. The second kappa shape index (κ2) is 6.21. The Labute approximate surface area is 167 Å². The van der Waals surface area contributed by atoms with Crippen LogP contribution in [0.5, 0.6) is 11.5 Å². The van der Waals surface area contributed by atoms with Gasteiger partial charge in [0.15, 0.2) is 11.9 Å². The van der Waals surface area contributed by atoms with Crippen LogP contribution in [0.25, 0.3) is 0 Å². The Balaban J connectivity index is 2.29. The lowest BCUT2D eigenvalue weighted by atomic mass is 9.80. The van der Waals surface area contributed by atoms with Crippen LogP contribution < -0.4 is 4.74 Å². The SMILES string of the molecule is O=C(O)C1=C(Cl)C(Cl)=C(Cl)C2Oc3c(cc(Br)c(O)c3Br)C(=O)C12. The van der Waals surface area contributed by atoms with Gasteiger partial charge in [-0.2, -0.15) is 0 Å². The summed E-state index contributed by atoms with van der Waals surface area (Å²) in [5.74, 6) is -3.32. The molecule has 5 nitrogen and oxygen atoms in total. The van der Waals surface area contributed by atoms with Gasteiger partial charge in [0.05, 0.1) is 36.6 Å². The molecule has 1 aliphatic carbocycles. The lowest BCUT2D eigenvalue weighted by Gasteiger charge is -2.36. The highest BCUT2D eigenvalue weighted by atomic mass is 79.9. The molecule has 2 N–H and O–H groups in total. The fourth-order valence-corrected chi connectivity index (χ4v) is 4.62. The zero-order valence-corrected chi connectivity index (χ0v) is 16.7. The molecule has 24 heavy (non-hydrogen) atoms. The summed E-state index contributed by atoms with van der Waals surface area (Å²) in [6, 6.07) is 1.34. The summed E-state index contributed by atoms with van der Waals surface area (Å²) >= 11 is 24.4. The van der Waals surface area contributed by atoms with Gasteiger partial charge in [-0.3, -0.25) is 4.79 Å². The Bertz CT molecular complexity index is 878. The Kier molecular flexibility index (Phi) is 4.68. The van der Waals surface area contributed by atoms with Crippen molar-refractivity contribution in [2.45, 2.75) is 6.10 Å². The molecule has 2 aliphatic rings. The van der Waals surface area contributed by atoms with Crippen LogP contribution in [0.4, 0.5) is 0 Å². The highest BCUT2D eigenvalue weighted by molar-refractivity contribution is 9.11. The number of aliphatic carboxylic acids is 1. The number of carbonyl (C=O) groups excluding carboxylic acids is 1. The van der Waals surface area contributed by atoms with Crippen LogP contribution in [0.15, 0.2) is 35.7 Å². The number of benzene rings is 1. The minimum Gasteiger partial charge on any atom is -0.505 e. The number of ketones is 1. The molecular formula is C14H5Br2Cl3O5. The maximum atomic E-state index is 12.9. The van der Waals surface area contributed by atoms with E-state index >= 15 is 0 Å². The fourth-order valence-electron chi connectivity index (χ4n) is 2.58. The third-order valence-corrected chi connectivity index (χ3v) is 6.40. The first kappa shape index (κ1) is 18.1. The molecule has 0 amide bonds. The van der Waals surface area contributed by atoms with Crippen LogP contribution in [-0.2, 0) is 4.79 Å². The molecule has 10 heteroatoms. The normalized spacial score (nSPS) is 23.0. The monoisotopic (exact) mass is 516 g/mol. The summed E-state index contributed by atoms with van der Waals surface area (Å²) in [6.45, 7) is 0. The van der Waals surface area contributed by atoms with Crippen molar-refractivity contribution in [2.75, 3.05) is 0 Å². The molecule has 0 radical (unpaired) electrons. The van der Waals surface area contributed by atoms with E-state index in [1.807, 2.05) is 0 Å². The summed E-state index contributed by atoms with van der Waals surface area (Å²) in [5, 5.41) is 18.8. The second-order valence-corrected chi connectivity index (χ2v) is 7.78. The van der Waals surface area contributed by atoms with E-state index in [-0.39, 0.29) is 46.7 Å². The molecule has 2 unspecified atom stereocenters. The summed E-state index contributed by atoms with van der Waals surface area (Å²) < 4.78 is 6.08. The standard InChI is InChI=1S/C14H5Br2Cl3O5/c15-3-1-2-10(20)5-4(14(22)23)7(17)8(18)9(19)13(5)24-12(2)6(16)11(3)21/h1,5,13,21H,(H,22,23). The van der Waals surface area contributed by atoms with E-state index in [4.69, 9.17) is 39.5 Å². The molecule has 1 aromatic carbocycles. The number of phenols is 1. The smallest absolute Gasteiger partial charge is 0.334 e. The molecule has 1 aliphatic heterocycles. The van der Waals surface area contributed by atoms with Gasteiger partial charge in [0.25, 0.3) is 0 Å². The first-order valence-corrected chi connectivity index (χ1v) is 8.99. The van der Waals surface area contributed by atoms with Crippen molar-refractivity contribution in [3.63, 3.8) is 0 Å². The van der Waals surface area contributed by atoms with Crippen molar-refractivity contribution in [1.29, 1.82) is 0 Å². The predicted molar refractivity (Wildman–Crippen MR) is 95.0 cm³/mol. The van der Waals surface area contributed by atoms with Gasteiger partial charge in [-0.1, -0.05) is 34.8 Å². The van der Waals surface area contributed by atoms with E-state index in [9.17, 15) is 19.8 Å². The molecule has 0 bridgehead atoms. The zero-order chi connectivity index (χ0) is 17.9. The number of hydrogen-bond donors (Lipinski definition) is 2. The van der Waals surface area contributed by atoms with Crippen molar-refractivity contribution < 1.29 is 24.5 Å². The summed E-state index contributed by atoms with van der Waals surface area (Å²) in [6.07, 6.45) is -1.15. The lowest BCUT2D eigenvalue weighted by molar-refractivity contribution is -0.133. The average Bonchev–Trinajstić information content (AvgIpc) is 2.52. The molecule has 1 heterocycles. The third kappa shape index (κ3) is 2.49. The van der Waals surface area contributed by atoms with E-state index in [0.717, 1.165) is 0 Å². The first-order chi connectivity index (χ1) is 11.2. The molecule has 0 saturated carbocycles. The molecule has 0 fully saturated rings. The van der Waals surface area contributed by atoms with Gasteiger partial charge in [0, 0.05) is 0 Å². The number of allylic oxidation sites excluding steroid dienone is 2. The van der Waals surface area contributed by atoms with Gasteiger partial charge in [0.2, 0.25) is 0 Å². The number of aromatic hydroxyl groups is 1. The zero-order valence-electron chi connectivity index (χ0n) is 11.2. The number of fused-ring (bicyclic) bond motifs is 2. The van der Waals surface area contributed by atoms with Crippen LogP contribution in [0.3, 0.4) is 0 Å². The molecule has 0 spiro atoms. The Morgan fingerprint density at radius 2 is 1.83 bits per heavy atom. The Morgan fingerprint density at radius 3 is 2.42 bits per heavy atom. The summed E-state index contributed by atoms with van der Waals surface area (Å²) in [4.78, 5) is 24.5. The molecule has 3 rings (SSSR count). The van der Waals surface area contributed by atoms with Crippen LogP contribution in [0.1, 0.15) is 10.4 Å². The number of Topliss-reactive ketones (excluding diaryl/α,β-unsaturated/α-hetero) is 1. The number of hydrogen-bond acceptors (Lipinski definition) is 4. The number of phenolic OH excluding ortho intramolecular Hbond substituents is 1. The molecule has 2 atom stereocenters. The van der Waals surface area contributed by atoms with Crippen LogP contribution in [-0.4, -0.2) is 28.1 Å². The minimum atomic E-state index is -1.39. The highest BCUT2D eigenvalue weighted by Gasteiger charge is 2.49. The van der Waals surface area contributed by atoms with Gasteiger partial charge < -0.3 is 14.9 Å². The molecule has 1 aromatic rings. The minimum absolute atomic E-state index is 0.0485. The molecular weight excluding hydrogens is 514 g/mol. The third-order valence-electron chi connectivity index (χ3n) is 3.67. The maximum absolute atomic E-state index is 12.9. The summed E-state index contributed by atoms with van der Waals surface area (Å²) in [7, 11) is 0. The Morgan fingerprint density at radius 1 is 1.21 bits per heavy atom. The van der Waals surface area contributed by atoms with Crippen LogP contribution >= 0.6 is 66.7 Å².